The molecule has 1 aliphatic heterocycles. The topological polar surface area (TPSA) is 43.2 Å². The molecule has 0 aliphatic carbocycles. The van der Waals surface area contributed by atoms with Gasteiger partial charge in [0.25, 0.3) is 0 Å². The molecule has 0 N–H and O–H groups in total. The van der Waals surface area contributed by atoms with Crippen molar-refractivity contribution >= 4 is 44.3 Å². The van der Waals surface area contributed by atoms with Crippen LogP contribution in [0, 0.1) is 0 Å². The largest absolute Gasteiger partial charge is 0.373 e. The van der Waals surface area contributed by atoms with Crippen molar-refractivity contribution in [3.05, 3.63) is 52.2 Å². The number of hydrogen-bond acceptors (Lipinski definition) is 4. The first-order valence-corrected chi connectivity index (χ1v) is 8.96. The third-order valence-electron chi connectivity index (χ3n) is 4.11. The summed E-state index contributed by atoms with van der Waals surface area (Å²) < 4.78 is 8.73. The molecule has 24 heavy (non-hydrogen) atoms. The lowest BCUT2D eigenvalue weighted by atomic mass is 10.2. The highest BCUT2D eigenvalue weighted by molar-refractivity contribution is 9.10. The molecule has 4 rings (SSSR count). The van der Waals surface area contributed by atoms with Crippen LogP contribution in [-0.4, -0.2) is 40.6 Å². The van der Waals surface area contributed by atoms with Crippen LogP contribution in [0.3, 0.4) is 0 Å². The van der Waals surface area contributed by atoms with Gasteiger partial charge in [0.15, 0.2) is 0 Å². The van der Waals surface area contributed by atoms with E-state index in [4.69, 9.17) is 21.3 Å². The van der Waals surface area contributed by atoms with E-state index in [0.29, 0.717) is 11.6 Å². The maximum Gasteiger partial charge on any atom is 0.129 e. The molecule has 2 aromatic heterocycles. The Labute approximate surface area is 153 Å². The lowest BCUT2D eigenvalue weighted by molar-refractivity contribution is 0.0272. The first kappa shape index (κ1) is 15.9. The molecule has 5 nitrogen and oxygen atoms in total. The second-order valence-corrected chi connectivity index (χ2v) is 7.12. The van der Waals surface area contributed by atoms with Crippen molar-refractivity contribution in [2.24, 2.45) is 0 Å². The summed E-state index contributed by atoms with van der Waals surface area (Å²) in [6.07, 6.45) is 3.83. The minimum absolute atomic E-state index is 0.0940. The van der Waals surface area contributed by atoms with Gasteiger partial charge in [-0.05, 0) is 30.3 Å². The third-order valence-corrected chi connectivity index (χ3v) is 4.85. The number of ether oxygens (including phenoxy) is 1. The van der Waals surface area contributed by atoms with Crippen LogP contribution in [0.25, 0.3) is 10.9 Å². The summed E-state index contributed by atoms with van der Waals surface area (Å²) in [6.45, 7) is 3.03. The second kappa shape index (κ2) is 6.70. The highest BCUT2D eigenvalue weighted by atomic mass is 79.9. The zero-order valence-corrected chi connectivity index (χ0v) is 15.2. The molecule has 1 aromatic carbocycles. The second-order valence-electron chi connectivity index (χ2n) is 5.80. The molecule has 1 fully saturated rings. The van der Waals surface area contributed by atoms with Gasteiger partial charge in [-0.2, -0.15) is 5.10 Å². The number of fused-ring (bicyclic) bond motifs is 1. The van der Waals surface area contributed by atoms with Crippen LogP contribution in [0.2, 0.25) is 5.02 Å². The molecular formula is C17H16BrClN4O. The fourth-order valence-corrected chi connectivity index (χ4v) is 3.85. The number of rotatable bonds is 3. The molecule has 1 unspecified atom stereocenters. The lowest BCUT2D eigenvalue weighted by Gasteiger charge is -2.33. The molecular weight excluding hydrogens is 392 g/mol. The molecule has 0 amide bonds. The minimum Gasteiger partial charge on any atom is -0.373 e. The fraction of sp³-hybridized carbons (Fsp3) is 0.294. The highest BCUT2D eigenvalue weighted by Gasteiger charge is 2.22. The van der Waals surface area contributed by atoms with Crippen LogP contribution in [-0.2, 0) is 11.3 Å². The van der Waals surface area contributed by atoms with Gasteiger partial charge >= 0.3 is 0 Å². The number of hydrogen-bond donors (Lipinski definition) is 0. The molecule has 0 radical (unpaired) electrons. The van der Waals surface area contributed by atoms with Crippen molar-refractivity contribution in [3.63, 3.8) is 0 Å². The molecule has 0 spiro atoms. The highest BCUT2D eigenvalue weighted by Crippen LogP contribution is 2.29. The smallest absolute Gasteiger partial charge is 0.129 e. The van der Waals surface area contributed by atoms with Gasteiger partial charge in [0.2, 0.25) is 0 Å². The monoisotopic (exact) mass is 406 g/mol. The quantitative estimate of drug-likeness (QED) is 0.663. The van der Waals surface area contributed by atoms with E-state index < -0.39 is 0 Å². The summed E-state index contributed by atoms with van der Waals surface area (Å²) >= 11 is 9.82. The van der Waals surface area contributed by atoms with Crippen LogP contribution in [0.5, 0.6) is 0 Å². The molecule has 3 heterocycles. The Bertz CT molecular complexity index is 855. The summed E-state index contributed by atoms with van der Waals surface area (Å²) in [5.74, 6) is 0.931. The minimum atomic E-state index is 0.0940. The number of aromatic nitrogens is 3. The first-order valence-electron chi connectivity index (χ1n) is 7.79. The van der Waals surface area contributed by atoms with Crippen molar-refractivity contribution in [2.75, 3.05) is 24.6 Å². The van der Waals surface area contributed by atoms with Gasteiger partial charge in [-0.25, -0.2) is 4.98 Å². The van der Waals surface area contributed by atoms with E-state index in [2.05, 4.69) is 32.0 Å². The Kier molecular flexibility index (Phi) is 4.43. The van der Waals surface area contributed by atoms with E-state index in [1.54, 1.807) is 6.20 Å². The van der Waals surface area contributed by atoms with E-state index in [1.165, 1.54) is 0 Å². The van der Waals surface area contributed by atoms with Crippen LogP contribution in [0.1, 0.15) is 0 Å². The van der Waals surface area contributed by atoms with Crippen LogP contribution in [0.4, 0.5) is 5.82 Å². The van der Waals surface area contributed by atoms with Crippen molar-refractivity contribution in [1.29, 1.82) is 0 Å². The van der Waals surface area contributed by atoms with E-state index in [1.807, 2.05) is 35.1 Å². The predicted molar refractivity (Wildman–Crippen MR) is 98.6 cm³/mol. The number of morpholine rings is 1. The van der Waals surface area contributed by atoms with E-state index in [0.717, 1.165) is 40.8 Å². The van der Waals surface area contributed by atoms with Crippen molar-refractivity contribution < 1.29 is 4.74 Å². The molecule has 1 saturated heterocycles. The predicted octanol–water partition coefficient (Wildman–Crippen LogP) is 3.75. The summed E-state index contributed by atoms with van der Waals surface area (Å²) in [7, 11) is 0. The SMILES string of the molecule is Clc1cc(Br)cc2ccc(N3CCOC(Cn4cccn4)C3)nc12. The zero-order valence-electron chi connectivity index (χ0n) is 12.9. The van der Waals surface area contributed by atoms with Gasteiger partial charge in [-0.3, -0.25) is 4.68 Å². The molecule has 1 aliphatic rings. The lowest BCUT2D eigenvalue weighted by Crippen LogP contribution is -2.44. The number of benzene rings is 1. The van der Waals surface area contributed by atoms with E-state index in [-0.39, 0.29) is 6.10 Å². The maximum atomic E-state index is 6.35. The third kappa shape index (κ3) is 3.27. The first-order chi connectivity index (χ1) is 11.7. The Morgan fingerprint density at radius 3 is 3.08 bits per heavy atom. The average molecular weight is 408 g/mol. The Hall–Kier alpha value is -1.63. The summed E-state index contributed by atoms with van der Waals surface area (Å²) in [6, 6.07) is 9.93. The Morgan fingerprint density at radius 2 is 2.25 bits per heavy atom. The molecule has 124 valence electrons. The number of halogens is 2. The van der Waals surface area contributed by atoms with Gasteiger partial charge in [-0.1, -0.05) is 27.5 Å². The standard InChI is InChI=1S/C17H16BrClN4O/c18-13-8-12-2-3-16(21-17(12)15(19)9-13)22-6-7-24-14(10-22)11-23-5-1-4-20-23/h1-5,8-9,14H,6-7,10-11H2. The fourth-order valence-electron chi connectivity index (χ4n) is 2.98. The molecule has 1 atom stereocenters. The number of anilines is 1. The molecule has 7 heteroatoms. The van der Waals surface area contributed by atoms with Crippen LogP contribution >= 0.6 is 27.5 Å². The van der Waals surface area contributed by atoms with Crippen molar-refractivity contribution in [2.45, 2.75) is 12.6 Å². The van der Waals surface area contributed by atoms with Crippen molar-refractivity contribution in [1.82, 2.24) is 14.8 Å². The van der Waals surface area contributed by atoms with Gasteiger partial charge in [0.05, 0.1) is 29.8 Å². The van der Waals surface area contributed by atoms with Gasteiger partial charge < -0.3 is 9.64 Å². The zero-order chi connectivity index (χ0) is 16.5. The summed E-state index contributed by atoms with van der Waals surface area (Å²) in [5.41, 5.74) is 0.826. The van der Waals surface area contributed by atoms with Crippen LogP contribution in [0.15, 0.2) is 47.2 Å². The molecule has 0 bridgehead atoms. The Morgan fingerprint density at radius 1 is 1.33 bits per heavy atom. The van der Waals surface area contributed by atoms with Gasteiger partial charge in [0, 0.05) is 35.3 Å². The van der Waals surface area contributed by atoms with Crippen molar-refractivity contribution in [3.8, 4) is 0 Å². The normalized spacial score (nSPS) is 18.2. The molecule has 0 saturated carbocycles. The van der Waals surface area contributed by atoms with Gasteiger partial charge in [-0.15, -0.1) is 0 Å². The van der Waals surface area contributed by atoms with Gasteiger partial charge in [0.1, 0.15) is 5.82 Å². The number of nitrogens with zero attached hydrogens (tertiary/aromatic N) is 4. The summed E-state index contributed by atoms with van der Waals surface area (Å²) in [4.78, 5) is 7.01. The number of pyridine rings is 1. The Balaban J connectivity index is 1.57. The summed E-state index contributed by atoms with van der Waals surface area (Å²) in [5, 5.41) is 5.93. The van der Waals surface area contributed by atoms with E-state index >= 15 is 0 Å². The van der Waals surface area contributed by atoms with E-state index in [9.17, 15) is 0 Å². The van der Waals surface area contributed by atoms with Crippen LogP contribution < -0.4 is 4.90 Å². The maximum absolute atomic E-state index is 6.35. The molecule has 3 aromatic rings. The average Bonchev–Trinajstić information content (AvgIpc) is 3.08.